The Morgan fingerprint density at radius 2 is 1.87 bits per heavy atom. The standard InChI is InChI=1S/C24H29FN2O3/c1-2-23(28)27(17-19-10-12-20(25)13-11-19)22(15-18-7-4-3-5-8-18)24(29)26-16-21-9-6-14-30-21/h3-5,7-8,10-13,21-22H,2,6,9,14-17H2,1H3,(H,26,29). The largest absolute Gasteiger partial charge is 0.376 e. The molecule has 6 heteroatoms. The molecule has 0 aromatic heterocycles. The van der Waals surface area contributed by atoms with Crippen LogP contribution in [-0.4, -0.2) is 42.0 Å². The summed E-state index contributed by atoms with van der Waals surface area (Å²) in [4.78, 5) is 27.6. The molecule has 0 saturated carbocycles. The van der Waals surface area contributed by atoms with Crippen LogP contribution in [0.25, 0.3) is 0 Å². The van der Waals surface area contributed by atoms with Gasteiger partial charge in [0, 0.05) is 32.5 Å². The SMILES string of the molecule is CCC(=O)N(Cc1ccc(F)cc1)C(Cc1ccccc1)C(=O)NCC1CCCO1. The normalized spacial score (nSPS) is 16.8. The summed E-state index contributed by atoms with van der Waals surface area (Å²) in [6.45, 7) is 3.19. The highest BCUT2D eigenvalue weighted by molar-refractivity contribution is 5.88. The highest BCUT2D eigenvalue weighted by Crippen LogP contribution is 2.17. The van der Waals surface area contributed by atoms with Crippen LogP contribution in [0.5, 0.6) is 0 Å². The Balaban J connectivity index is 1.81. The number of nitrogens with zero attached hydrogens (tertiary/aromatic N) is 1. The molecule has 1 aliphatic heterocycles. The first kappa shape index (κ1) is 22.0. The Morgan fingerprint density at radius 3 is 2.50 bits per heavy atom. The lowest BCUT2D eigenvalue weighted by molar-refractivity contribution is -0.141. The van der Waals surface area contributed by atoms with E-state index in [4.69, 9.17) is 4.74 Å². The first-order valence-electron chi connectivity index (χ1n) is 10.5. The minimum absolute atomic E-state index is 0.0266. The molecule has 1 saturated heterocycles. The third-order valence-electron chi connectivity index (χ3n) is 5.37. The average Bonchev–Trinajstić information content (AvgIpc) is 3.29. The molecule has 2 aromatic carbocycles. The lowest BCUT2D eigenvalue weighted by atomic mass is 10.0. The van der Waals surface area contributed by atoms with Gasteiger partial charge >= 0.3 is 0 Å². The Morgan fingerprint density at radius 1 is 1.13 bits per heavy atom. The smallest absolute Gasteiger partial charge is 0.243 e. The minimum atomic E-state index is -0.661. The third-order valence-corrected chi connectivity index (χ3v) is 5.37. The van der Waals surface area contributed by atoms with Gasteiger partial charge in [0.2, 0.25) is 11.8 Å². The summed E-state index contributed by atoms with van der Waals surface area (Å²) >= 11 is 0. The summed E-state index contributed by atoms with van der Waals surface area (Å²) in [5.74, 6) is -0.645. The number of benzene rings is 2. The van der Waals surface area contributed by atoms with E-state index in [1.807, 2.05) is 30.3 Å². The van der Waals surface area contributed by atoms with Crippen LogP contribution in [0.3, 0.4) is 0 Å². The Bertz CT molecular complexity index is 820. The molecule has 1 fully saturated rings. The van der Waals surface area contributed by atoms with Gasteiger partial charge in [-0.25, -0.2) is 4.39 Å². The van der Waals surface area contributed by atoms with Gasteiger partial charge in [-0.05, 0) is 36.1 Å². The van der Waals surface area contributed by atoms with Crippen LogP contribution >= 0.6 is 0 Å². The molecular weight excluding hydrogens is 383 g/mol. The van der Waals surface area contributed by atoms with Gasteiger partial charge in [0.1, 0.15) is 11.9 Å². The molecule has 2 amide bonds. The van der Waals surface area contributed by atoms with Crippen molar-refractivity contribution >= 4 is 11.8 Å². The van der Waals surface area contributed by atoms with Gasteiger partial charge in [-0.15, -0.1) is 0 Å². The van der Waals surface area contributed by atoms with E-state index in [0.717, 1.165) is 30.6 Å². The summed E-state index contributed by atoms with van der Waals surface area (Å²) in [6.07, 6.45) is 2.64. The second-order valence-corrected chi connectivity index (χ2v) is 7.59. The fourth-order valence-electron chi connectivity index (χ4n) is 3.68. The Labute approximate surface area is 177 Å². The van der Waals surface area contributed by atoms with Crippen molar-refractivity contribution in [1.82, 2.24) is 10.2 Å². The van der Waals surface area contributed by atoms with Gasteiger partial charge < -0.3 is 15.0 Å². The van der Waals surface area contributed by atoms with Crippen molar-refractivity contribution in [3.63, 3.8) is 0 Å². The van der Waals surface area contributed by atoms with Crippen LogP contribution in [0, 0.1) is 5.82 Å². The zero-order valence-electron chi connectivity index (χ0n) is 17.4. The van der Waals surface area contributed by atoms with Crippen LogP contribution < -0.4 is 5.32 Å². The van der Waals surface area contributed by atoms with E-state index < -0.39 is 6.04 Å². The van der Waals surface area contributed by atoms with Gasteiger partial charge in [0.25, 0.3) is 0 Å². The number of carbonyl (C=O) groups excluding carboxylic acids is 2. The molecule has 1 heterocycles. The highest BCUT2D eigenvalue weighted by atomic mass is 19.1. The van der Waals surface area contributed by atoms with Gasteiger partial charge in [0.05, 0.1) is 6.10 Å². The molecule has 0 spiro atoms. The summed E-state index contributed by atoms with van der Waals surface area (Å²) in [7, 11) is 0. The lowest BCUT2D eigenvalue weighted by Gasteiger charge is -2.31. The number of nitrogens with one attached hydrogen (secondary N) is 1. The number of rotatable bonds is 9. The molecule has 0 aliphatic carbocycles. The van der Waals surface area contributed by atoms with Crippen LogP contribution in [0.2, 0.25) is 0 Å². The van der Waals surface area contributed by atoms with E-state index >= 15 is 0 Å². The number of hydrogen-bond acceptors (Lipinski definition) is 3. The van der Waals surface area contributed by atoms with Crippen LogP contribution in [0.1, 0.15) is 37.3 Å². The van der Waals surface area contributed by atoms with Gasteiger partial charge in [-0.2, -0.15) is 0 Å². The maximum atomic E-state index is 13.3. The fourth-order valence-corrected chi connectivity index (χ4v) is 3.68. The first-order valence-corrected chi connectivity index (χ1v) is 10.5. The van der Waals surface area contributed by atoms with E-state index in [-0.39, 0.29) is 36.7 Å². The molecule has 160 valence electrons. The predicted molar refractivity (Wildman–Crippen MR) is 113 cm³/mol. The second-order valence-electron chi connectivity index (χ2n) is 7.59. The number of ether oxygens (including phenoxy) is 1. The van der Waals surface area contributed by atoms with Crippen molar-refractivity contribution in [3.8, 4) is 0 Å². The zero-order valence-corrected chi connectivity index (χ0v) is 17.4. The van der Waals surface area contributed by atoms with Crippen molar-refractivity contribution in [1.29, 1.82) is 0 Å². The summed E-state index contributed by atoms with van der Waals surface area (Å²) in [5.41, 5.74) is 1.76. The monoisotopic (exact) mass is 412 g/mol. The zero-order chi connectivity index (χ0) is 21.3. The number of hydrogen-bond donors (Lipinski definition) is 1. The first-order chi connectivity index (χ1) is 14.6. The van der Waals surface area contributed by atoms with E-state index in [0.29, 0.717) is 13.0 Å². The van der Waals surface area contributed by atoms with Crippen molar-refractivity contribution in [2.24, 2.45) is 0 Å². The van der Waals surface area contributed by atoms with Gasteiger partial charge in [-0.3, -0.25) is 9.59 Å². The van der Waals surface area contributed by atoms with E-state index in [1.165, 1.54) is 12.1 Å². The molecular formula is C24H29FN2O3. The molecule has 2 unspecified atom stereocenters. The molecule has 2 aromatic rings. The molecule has 1 aliphatic rings. The molecule has 3 rings (SSSR count). The maximum Gasteiger partial charge on any atom is 0.243 e. The Kier molecular flexibility index (Phi) is 7.97. The number of halogens is 1. The average molecular weight is 413 g/mol. The highest BCUT2D eigenvalue weighted by Gasteiger charge is 2.30. The number of amides is 2. The van der Waals surface area contributed by atoms with Crippen molar-refractivity contribution in [3.05, 3.63) is 71.5 Å². The number of carbonyl (C=O) groups is 2. The van der Waals surface area contributed by atoms with Gasteiger partial charge in [-0.1, -0.05) is 49.4 Å². The van der Waals surface area contributed by atoms with Crippen LogP contribution in [-0.2, 0) is 27.3 Å². The quantitative estimate of drug-likeness (QED) is 0.686. The van der Waals surface area contributed by atoms with E-state index in [1.54, 1.807) is 24.0 Å². The maximum absolute atomic E-state index is 13.3. The molecule has 0 bridgehead atoms. The molecule has 0 radical (unpaired) electrons. The van der Waals surface area contributed by atoms with Crippen molar-refractivity contribution in [2.45, 2.75) is 51.3 Å². The summed E-state index contributed by atoms with van der Waals surface area (Å²) in [5, 5.41) is 2.98. The summed E-state index contributed by atoms with van der Waals surface area (Å²) < 4.78 is 18.9. The summed E-state index contributed by atoms with van der Waals surface area (Å²) in [6, 6.07) is 15.0. The van der Waals surface area contributed by atoms with E-state index in [2.05, 4.69) is 5.32 Å². The van der Waals surface area contributed by atoms with Gasteiger partial charge in [0.15, 0.2) is 0 Å². The lowest BCUT2D eigenvalue weighted by Crippen LogP contribution is -2.51. The molecule has 2 atom stereocenters. The third kappa shape index (κ3) is 6.13. The molecule has 5 nitrogen and oxygen atoms in total. The van der Waals surface area contributed by atoms with Crippen LogP contribution in [0.15, 0.2) is 54.6 Å². The fraction of sp³-hybridized carbons (Fsp3) is 0.417. The minimum Gasteiger partial charge on any atom is -0.376 e. The van der Waals surface area contributed by atoms with Crippen molar-refractivity contribution in [2.75, 3.05) is 13.2 Å². The Hall–Kier alpha value is -2.73. The molecule has 30 heavy (non-hydrogen) atoms. The van der Waals surface area contributed by atoms with Crippen LogP contribution in [0.4, 0.5) is 4.39 Å². The van der Waals surface area contributed by atoms with Crippen molar-refractivity contribution < 1.29 is 18.7 Å². The van der Waals surface area contributed by atoms with E-state index in [9.17, 15) is 14.0 Å². The molecule has 1 N–H and O–H groups in total. The predicted octanol–water partition coefficient (Wildman–Crippen LogP) is 3.47. The second kappa shape index (κ2) is 10.9. The topological polar surface area (TPSA) is 58.6 Å².